The van der Waals surface area contributed by atoms with Crippen LogP contribution in [0.4, 0.5) is 5.69 Å². The highest BCUT2D eigenvalue weighted by molar-refractivity contribution is 8.22. The average molecular weight is 340 g/mol. The van der Waals surface area contributed by atoms with Gasteiger partial charge >= 0.3 is 0 Å². The first-order valence-electron chi connectivity index (χ1n) is 7.48. The summed E-state index contributed by atoms with van der Waals surface area (Å²) in [5.41, 5.74) is 7.80. The van der Waals surface area contributed by atoms with Crippen LogP contribution in [0.3, 0.4) is 0 Å². The first-order valence-corrected chi connectivity index (χ1v) is 8.87. The molecule has 0 radical (unpaired) electrons. The summed E-state index contributed by atoms with van der Waals surface area (Å²) in [7, 11) is 0. The number of thioether (sulfide) groups is 1. The maximum atomic E-state index is 12.0. The van der Waals surface area contributed by atoms with E-state index in [9.17, 15) is 4.79 Å². The Morgan fingerprint density at radius 2 is 1.95 bits per heavy atom. The lowest BCUT2D eigenvalue weighted by molar-refractivity contribution is -0.117. The molecule has 6 heteroatoms. The Balaban J connectivity index is 2.47. The molecule has 0 saturated carbocycles. The minimum atomic E-state index is -0.465. The Hall–Kier alpha value is -1.11. The molecule has 1 amide bonds. The third kappa shape index (κ3) is 7.24. The normalized spacial score (nSPS) is 12.0. The van der Waals surface area contributed by atoms with Crippen LogP contribution in [-0.4, -0.2) is 22.8 Å². The third-order valence-electron chi connectivity index (χ3n) is 2.97. The van der Waals surface area contributed by atoms with Crippen LogP contribution in [-0.2, 0) is 10.5 Å². The van der Waals surface area contributed by atoms with E-state index in [1.54, 1.807) is 11.8 Å². The minimum absolute atomic E-state index is 0.135. The summed E-state index contributed by atoms with van der Waals surface area (Å²) in [6, 6.07) is 7.31. The van der Waals surface area contributed by atoms with E-state index in [1.165, 1.54) is 0 Å². The van der Waals surface area contributed by atoms with Crippen molar-refractivity contribution in [1.29, 1.82) is 0 Å². The Morgan fingerprint density at radius 1 is 1.32 bits per heavy atom. The molecule has 0 aliphatic carbocycles. The van der Waals surface area contributed by atoms with Gasteiger partial charge in [-0.2, -0.15) is 0 Å². The highest BCUT2D eigenvalue weighted by atomic mass is 32.2. The summed E-state index contributed by atoms with van der Waals surface area (Å²) in [5.74, 6) is 1.08. The number of carbonyl (C=O) groups excluding carboxylic acids is 1. The average Bonchev–Trinajstić information content (AvgIpc) is 2.46. The first-order chi connectivity index (χ1) is 10.4. The molecule has 1 aromatic carbocycles. The van der Waals surface area contributed by atoms with Crippen molar-refractivity contribution in [3.8, 4) is 0 Å². The van der Waals surface area contributed by atoms with Crippen LogP contribution >= 0.6 is 24.0 Å². The van der Waals surface area contributed by atoms with Crippen LogP contribution in [0, 0.1) is 5.92 Å². The molecule has 1 atom stereocenters. The molecular formula is C16H25N3OS2. The zero-order valence-corrected chi connectivity index (χ0v) is 15.0. The lowest BCUT2D eigenvalue weighted by Gasteiger charge is -2.14. The van der Waals surface area contributed by atoms with E-state index in [1.807, 2.05) is 31.2 Å². The Bertz CT molecular complexity index is 489. The van der Waals surface area contributed by atoms with Crippen molar-refractivity contribution in [1.82, 2.24) is 5.32 Å². The van der Waals surface area contributed by atoms with Crippen molar-refractivity contribution in [2.75, 3.05) is 11.9 Å². The van der Waals surface area contributed by atoms with Crippen molar-refractivity contribution in [3.63, 3.8) is 0 Å². The number of nitrogens with one attached hydrogen (secondary N) is 2. The molecule has 0 aliphatic heterocycles. The van der Waals surface area contributed by atoms with Gasteiger partial charge < -0.3 is 16.4 Å². The lowest BCUT2D eigenvalue weighted by atomic mass is 10.0. The topological polar surface area (TPSA) is 67.1 Å². The van der Waals surface area contributed by atoms with Gasteiger partial charge in [0.15, 0.2) is 0 Å². The molecule has 0 spiro atoms. The van der Waals surface area contributed by atoms with Gasteiger partial charge in [-0.05, 0) is 37.0 Å². The molecule has 0 heterocycles. The van der Waals surface area contributed by atoms with E-state index in [2.05, 4.69) is 24.5 Å². The molecule has 0 aromatic heterocycles. The maximum absolute atomic E-state index is 12.0. The number of carbonyl (C=O) groups is 1. The van der Waals surface area contributed by atoms with Gasteiger partial charge in [0.05, 0.1) is 6.04 Å². The van der Waals surface area contributed by atoms with Gasteiger partial charge in [0.2, 0.25) is 5.91 Å². The van der Waals surface area contributed by atoms with Gasteiger partial charge in [-0.3, -0.25) is 4.79 Å². The number of benzene rings is 1. The number of rotatable bonds is 7. The summed E-state index contributed by atoms with van der Waals surface area (Å²) in [4.78, 5) is 12.0. The number of hydrogen-bond donors (Lipinski definition) is 3. The SMILES string of the molecule is CCNC(=S)SCc1ccc(NC(=O)[C@@H](N)CC(C)C)cc1. The van der Waals surface area contributed by atoms with Crippen molar-refractivity contribution < 1.29 is 4.79 Å². The van der Waals surface area contributed by atoms with Crippen LogP contribution in [0.15, 0.2) is 24.3 Å². The van der Waals surface area contributed by atoms with E-state index in [0.717, 1.165) is 27.9 Å². The minimum Gasteiger partial charge on any atom is -0.371 e. The van der Waals surface area contributed by atoms with E-state index in [4.69, 9.17) is 18.0 Å². The highest BCUT2D eigenvalue weighted by Gasteiger charge is 2.14. The van der Waals surface area contributed by atoms with Crippen molar-refractivity contribution in [3.05, 3.63) is 29.8 Å². The molecule has 4 N–H and O–H groups in total. The largest absolute Gasteiger partial charge is 0.371 e. The van der Waals surface area contributed by atoms with Gasteiger partial charge in [-0.1, -0.05) is 50.0 Å². The summed E-state index contributed by atoms with van der Waals surface area (Å²) in [6.07, 6.45) is 0.683. The highest BCUT2D eigenvalue weighted by Crippen LogP contribution is 2.16. The van der Waals surface area contributed by atoms with Crippen LogP contribution in [0.5, 0.6) is 0 Å². The van der Waals surface area contributed by atoms with Crippen LogP contribution in [0.1, 0.15) is 32.8 Å². The molecule has 0 aliphatic rings. The van der Waals surface area contributed by atoms with E-state index in [-0.39, 0.29) is 5.91 Å². The second-order valence-corrected chi connectivity index (χ2v) is 7.18. The predicted molar refractivity (Wildman–Crippen MR) is 100 cm³/mol. The fraction of sp³-hybridized carbons (Fsp3) is 0.500. The molecule has 0 unspecified atom stereocenters. The fourth-order valence-corrected chi connectivity index (χ4v) is 2.94. The molecule has 0 saturated heterocycles. The number of anilines is 1. The van der Waals surface area contributed by atoms with Crippen molar-refractivity contribution in [2.45, 2.75) is 39.0 Å². The van der Waals surface area contributed by atoms with Crippen LogP contribution in [0.25, 0.3) is 0 Å². The van der Waals surface area contributed by atoms with Gasteiger partial charge in [0.1, 0.15) is 4.32 Å². The standard InChI is InChI=1S/C16H25N3OS2/c1-4-18-16(21)22-10-12-5-7-13(8-6-12)19-15(20)14(17)9-11(2)3/h5-8,11,14H,4,9-10,17H2,1-3H3,(H,18,21)(H,19,20)/t14-/m0/s1. The van der Waals surface area contributed by atoms with Gasteiger partial charge in [0.25, 0.3) is 0 Å². The molecule has 0 fully saturated rings. The number of nitrogens with two attached hydrogens (primary N) is 1. The number of amides is 1. The second-order valence-electron chi connectivity index (χ2n) is 5.53. The zero-order chi connectivity index (χ0) is 16.5. The number of hydrogen-bond acceptors (Lipinski definition) is 4. The van der Waals surface area contributed by atoms with E-state index >= 15 is 0 Å². The molecule has 4 nitrogen and oxygen atoms in total. The lowest BCUT2D eigenvalue weighted by Crippen LogP contribution is -2.36. The maximum Gasteiger partial charge on any atom is 0.241 e. The van der Waals surface area contributed by atoms with Gasteiger partial charge in [-0.15, -0.1) is 0 Å². The van der Waals surface area contributed by atoms with Crippen LogP contribution < -0.4 is 16.4 Å². The van der Waals surface area contributed by atoms with Crippen molar-refractivity contribution >= 4 is 39.9 Å². The predicted octanol–water partition coefficient (Wildman–Crippen LogP) is 3.13. The van der Waals surface area contributed by atoms with Gasteiger partial charge in [-0.25, -0.2) is 0 Å². The molecule has 0 bridgehead atoms. The molecule has 1 aromatic rings. The molecule has 22 heavy (non-hydrogen) atoms. The molecule has 1 rings (SSSR count). The third-order valence-corrected chi connectivity index (χ3v) is 4.36. The summed E-state index contributed by atoms with van der Waals surface area (Å²) in [5, 5.41) is 5.96. The Kier molecular flexibility index (Phi) is 8.45. The van der Waals surface area contributed by atoms with Crippen LogP contribution in [0.2, 0.25) is 0 Å². The smallest absolute Gasteiger partial charge is 0.241 e. The monoisotopic (exact) mass is 339 g/mol. The Labute approximate surface area is 142 Å². The number of thiocarbonyl (C=S) groups is 1. The van der Waals surface area contributed by atoms with E-state index < -0.39 is 6.04 Å². The summed E-state index contributed by atoms with van der Waals surface area (Å²) in [6.45, 7) is 6.97. The second kappa shape index (κ2) is 9.82. The quantitative estimate of drug-likeness (QED) is 0.666. The van der Waals surface area contributed by atoms with E-state index in [0.29, 0.717) is 12.3 Å². The summed E-state index contributed by atoms with van der Waals surface area (Å²) >= 11 is 6.78. The first kappa shape index (κ1) is 18.9. The van der Waals surface area contributed by atoms with Gasteiger partial charge in [0, 0.05) is 18.0 Å². The Morgan fingerprint density at radius 3 is 2.50 bits per heavy atom. The molecular weight excluding hydrogens is 314 g/mol. The molecule has 122 valence electrons. The zero-order valence-electron chi connectivity index (χ0n) is 13.4. The fourth-order valence-electron chi connectivity index (χ4n) is 1.88. The summed E-state index contributed by atoms with van der Waals surface area (Å²) < 4.78 is 0.805. The van der Waals surface area contributed by atoms with Crippen molar-refractivity contribution in [2.24, 2.45) is 11.7 Å².